The number of halogens is 2. The van der Waals surface area contributed by atoms with Gasteiger partial charge in [-0.3, -0.25) is 0 Å². The van der Waals surface area contributed by atoms with Crippen LogP contribution in [-0.2, 0) is 0 Å². The van der Waals surface area contributed by atoms with Crippen LogP contribution in [0, 0.1) is 12.7 Å². The minimum absolute atomic E-state index is 0.251. The van der Waals surface area contributed by atoms with Gasteiger partial charge in [0, 0.05) is 15.7 Å². The Bertz CT molecular complexity index is 537. The van der Waals surface area contributed by atoms with Crippen molar-refractivity contribution in [3.05, 3.63) is 52.3 Å². The number of benzene rings is 2. The number of hydrogen-bond acceptors (Lipinski definition) is 1. The summed E-state index contributed by atoms with van der Waals surface area (Å²) >= 11 is 3.40. The average Bonchev–Trinajstić information content (AvgIpc) is 2.25. The van der Waals surface area contributed by atoms with E-state index in [-0.39, 0.29) is 5.82 Å². The highest BCUT2D eigenvalue weighted by atomic mass is 79.9. The van der Waals surface area contributed by atoms with E-state index < -0.39 is 0 Å². The molecule has 0 fully saturated rings. The topological polar surface area (TPSA) is 26.0 Å². The molecule has 0 aliphatic heterocycles. The first kappa shape index (κ1) is 11.1. The lowest BCUT2D eigenvalue weighted by Gasteiger charge is -2.09. The summed E-state index contributed by atoms with van der Waals surface area (Å²) in [6.45, 7) is 1.79. The molecule has 0 amide bonds. The van der Waals surface area contributed by atoms with Gasteiger partial charge in [0.15, 0.2) is 0 Å². The largest absolute Gasteiger partial charge is 0.398 e. The molecule has 0 spiro atoms. The Labute approximate surface area is 102 Å². The van der Waals surface area contributed by atoms with Gasteiger partial charge in [-0.15, -0.1) is 0 Å². The SMILES string of the molecule is Cc1cc(F)c(-c2ccccc2Br)cc1N. The van der Waals surface area contributed by atoms with Crippen molar-refractivity contribution in [2.24, 2.45) is 0 Å². The molecule has 0 bridgehead atoms. The fourth-order valence-corrected chi connectivity index (χ4v) is 2.07. The highest BCUT2D eigenvalue weighted by Crippen LogP contribution is 2.32. The molecule has 2 N–H and O–H groups in total. The van der Waals surface area contributed by atoms with E-state index >= 15 is 0 Å². The van der Waals surface area contributed by atoms with E-state index in [1.54, 1.807) is 13.0 Å². The van der Waals surface area contributed by atoms with Crippen LogP contribution in [0.5, 0.6) is 0 Å². The zero-order valence-corrected chi connectivity index (χ0v) is 10.4. The lowest BCUT2D eigenvalue weighted by atomic mass is 10.0. The first-order valence-corrected chi connectivity index (χ1v) is 5.69. The van der Waals surface area contributed by atoms with Gasteiger partial charge >= 0.3 is 0 Å². The van der Waals surface area contributed by atoms with Crippen molar-refractivity contribution in [3.8, 4) is 11.1 Å². The van der Waals surface area contributed by atoms with Crippen molar-refractivity contribution in [2.45, 2.75) is 6.92 Å². The molecule has 2 aromatic rings. The Morgan fingerprint density at radius 1 is 1.12 bits per heavy atom. The van der Waals surface area contributed by atoms with Crippen molar-refractivity contribution < 1.29 is 4.39 Å². The van der Waals surface area contributed by atoms with Crippen LogP contribution < -0.4 is 5.73 Å². The fraction of sp³-hybridized carbons (Fsp3) is 0.0769. The normalized spacial score (nSPS) is 10.4. The van der Waals surface area contributed by atoms with Crippen LogP contribution in [0.25, 0.3) is 11.1 Å². The molecule has 0 unspecified atom stereocenters. The summed E-state index contributed by atoms with van der Waals surface area (Å²) in [4.78, 5) is 0. The van der Waals surface area contributed by atoms with Crippen molar-refractivity contribution in [3.63, 3.8) is 0 Å². The summed E-state index contributed by atoms with van der Waals surface area (Å²) in [5, 5.41) is 0. The number of nitrogens with two attached hydrogens (primary N) is 1. The Morgan fingerprint density at radius 3 is 2.50 bits per heavy atom. The van der Waals surface area contributed by atoms with E-state index in [1.807, 2.05) is 24.3 Å². The molecular weight excluding hydrogens is 269 g/mol. The molecule has 0 atom stereocenters. The van der Waals surface area contributed by atoms with Gasteiger partial charge in [-0.1, -0.05) is 34.1 Å². The fourth-order valence-electron chi connectivity index (χ4n) is 1.58. The maximum atomic E-state index is 13.8. The maximum absolute atomic E-state index is 13.8. The molecule has 0 aliphatic rings. The van der Waals surface area contributed by atoms with Crippen LogP contribution in [-0.4, -0.2) is 0 Å². The minimum Gasteiger partial charge on any atom is -0.398 e. The molecule has 82 valence electrons. The van der Waals surface area contributed by atoms with E-state index in [4.69, 9.17) is 5.73 Å². The van der Waals surface area contributed by atoms with Gasteiger partial charge in [0.2, 0.25) is 0 Å². The Balaban J connectivity index is 2.65. The Kier molecular flexibility index (Phi) is 2.97. The van der Waals surface area contributed by atoms with Gasteiger partial charge in [-0.2, -0.15) is 0 Å². The standard InChI is InChI=1S/C13H11BrFN/c1-8-6-12(15)10(7-13(8)16)9-4-2-3-5-11(9)14/h2-7H,16H2,1H3. The average molecular weight is 280 g/mol. The van der Waals surface area contributed by atoms with Crippen molar-refractivity contribution >= 4 is 21.6 Å². The summed E-state index contributed by atoms with van der Waals surface area (Å²) in [7, 11) is 0. The van der Waals surface area contributed by atoms with Gasteiger partial charge in [-0.25, -0.2) is 4.39 Å². The third-order valence-corrected chi connectivity index (χ3v) is 3.21. The molecule has 0 saturated carbocycles. The van der Waals surface area contributed by atoms with Gasteiger partial charge in [0.1, 0.15) is 5.82 Å². The van der Waals surface area contributed by atoms with Gasteiger partial charge in [0.25, 0.3) is 0 Å². The van der Waals surface area contributed by atoms with Crippen LogP contribution in [0.4, 0.5) is 10.1 Å². The highest BCUT2D eigenvalue weighted by Gasteiger charge is 2.10. The quantitative estimate of drug-likeness (QED) is 0.780. The number of aryl methyl sites for hydroxylation is 1. The summed E-state index contributed by atoms with van der Waals surface area (Å²) in [5.41, 5.74) is 8.49. The summed E-state index contributed by atoms with van der Waals surface area (Å²) in [6.07, 6.45) is 0. The number of hydrogen-bond donors (Lipinski definition) is 1. The molecule has 16 heavy (non-hydrogen) atoms. The molecule has 2 aromatic carbocycles. The van der Waals surface area contributed by atoms with Crippen molar-refractivity contribution in [2.75, 3.05) is 5.73 Å². The maximum Gasteiger partial charge on any atom is 0.131 e. The van der Waals surface area contributed by atoms with Crippen LogP contribution >= 0.6 is 15.9 Å². The van der Waals surface area contributed by atoms with Crippen LogP contribution in [0.1, 0.15) is 5.56 Å². The number of rotatable bonds is 1. The van der Waals surface area contributed by atoms with Crippen molar-refractivity contribution in [1.82, 2.24) is 0 Å². The van der Waals surface area contributed by atoms with Gasteiger partial charge in [-0.05, 0) is 36.2 Å². The molecule has 0 heterocycles. The van der Waals surface area contributed by atoms with E-state index in [2.05, 4.69) is 15.9 Å². The van der Waals surface area contributed by atoms with Crippen LogP contribution in [0.2, 0.25) is 0 Å². The third kappa shape index (κ3) is 1.95. The molecule has 2 rings (SSSR count). The molecule has 0 aliphatic carbocycles. The van der Waals surface area contributed by atoms with E-state index in [1.165, 1.54) is 6.07 Å². The second kappa shape index (κ2) is 4.26. The highest BCUT2D eigenvalue weighted by molar-refractivity contribution is 9.10. The van der Waals surface area contributed by atoms with Gasteiger partial charge in [0.05, 0.1) is 0 Å². The predicted octanol–water partition coefficient (Wildman–Crippen LogP) is 4.15. The van der Waals surface area contributed by atoms with E-state index in [9.17, 15) is 4.39 Å². The number of anilines is 1. The monoisotopic (exact) mass is 279 g/mol. The summed E-state index contributed by atoms with van der Waals surface area (Å²) in [5.74, 6) is -0.251. The van der Waals surface area contributed by atoms with Crippen molar-refractivity contribution in [1.29, 1.82) is 0 Å². The smallest absolute Gasteiger partial charge is 0.131 e. The third-order valence-electron chi connectivity index (χ3n) is 2.52. The Hall–Kier alpha value is -1.35. The zero-order chi connectivity index (χ0) is 11.7. The summed E-state index contributed by atoms with van der Waals surface area (Å²) in [6, 6.07) is 10.6. The lowest BCUT2D eigenvalue weighted by molar-refractivity contribution is 0.630. The Morgan fingerprint density at radius 2 is 1.81 bits per heavy atom. The van der Waals surface area contributed by atoms with Gasteiger partial charge < -0.3 is 5.73 Å². The van der Waals surface area contributed by atoms with E-state index in [0.29, 0.717) is 11.3 Å². The lowest BCUT2D eigenvalue weighted by Crippen LogP contribution is -1.94. The first-order chi connectivity index (χ1) is 7.59. The summed E-state index contributed by atoms with van der Waals surface area (Å²) < 4.78 is 14.7. The molecule has 0 radical (unpaired) electrons. The second-order valence-corrected chi connectivity index (χ2v) is 4.52. The second-order valence-electron chi connectivity index (χ2n) is 3.67. The van der Waals surface area contributed by atoms with Crippen LogP contribution in [0.15, 0.2) is 40.9 Å². The minimum atomic E-state index is -0.251. The van der Waals surface area contributed by atoms with Crippen LogP contribution in [0.3, 0.4) is 0 Å². The molecule has 0 saturated heterocycles. The molecule has 1 nitrogen and oxygen atoms in total. The first-order valence-electron chi connectivity index (χ1n) is 4.90. The number of nitrogen functional groups attached to an aromatic ring is 1. The van der Waals surface area contributed by atoms with E-state index in [0.717, 1.165) is 15.6 Å². The zero-order valence-electron chi connectivity index (χ0n) is 8.80. The molecule has 3 heteroatoms. The molecule has 0 aromatic heterocycles. The predicted molar refractivity (Wildman–Crippen MR) is 68.7 cm³/mol. The molecular formula is C13H11BrFN.